The van der Waals surface area contributed by atoms with Crippen molar-refractivity contribution in [3.8, 4) is 0 Å². The van der Waals surface area contributed by atoms with Gasteiger partial charge in [0.25, 0.3) is 17.6 Å². The Hall–Kier alpha value is -2.97. The molecule has 0 spiro atoms. The van der Waals surface area contributed by atoms with E-state index in [1.54, 1.807) is 13.8 Å². The summed E-state index contributed by atoms with van der Waals surface area (Å²) in [7, 11) is 0. The van der Waals surface area contributed by atoms with E-state index in [4.69, 9.17) is 0 Å². The molecule has 4 amide bonds. The number of nitrogens with one attached hydrogen (secondary N) is 3. The quantitative estimate of drug-likeness (QED) is 0.234. The van der Waals surface area contributed by atoms with Crippen LogP contribution in [-0.4, -0.2) is 77.7 Å². The minimum Gasteiger partial charge on any atom is -0.548 e. The summed E-state index contributed by atoms with van der Waals surface area (Å²) in [5, 5.41) is 17.4. The summed E-state index contributed by atoms with van der Waals surface area (Å²) in [5.74, 6) is -7.69. The number of carboxylic acids is 1. The van der Waals surface area contributed by atoms with Gasteiger partial charge in [0.1, 0.15) is 12.1 Å². The van der Waals surface area contributed by atoms with Gasteiger partial charge in [-0.1, -0.05) is 27.7 Å². The number of likely N-dealkylation sites (tertiary alicyclic amines) is 1. The van der Waals surface area contributed by atoms with E-state index in [2.05, 4.69) is 16.0 Å². The van der Waals surface area contributed by atoms with Crippen LogP contribution in [0.2, 0.25) is 0 Å². The maximum atomic E-state index is 13.4. The monoisotopic (exact) mass is 592 g/mol. The number of halogens is 3. The maximum Gasteiger partial charge on any atom is 1.00 e. The Balaban J connectivity index is 0.00000840. The molecule has 2 rings (SSSR count). The van der Waals surface area contributed by atoms with E-state index in [1.807, 2.05) is 0 Å². The predicted octanol–water partition coefficient (Wildman–Crippen LogP) is -2.81. The number of benzene rings is 1. The summed E-state index contributed by atoms with van der Waals surface area (Å²) in [6, 6.07) is 1.18. The average Bonchev–Trinajstić information content (AvgIpc) is 3.37. The minimum absolute atomic E-state index is 0. The van der Waals surface area contributed by atoms with E-state index in [1.165, 1.54) is 43.0 Å². The molecule has 1 aliphatic heterocycles. The van der Waals surface area contributed by atoms with Gasteiger partial charge in [0.2, 0.25) is 11.8 Å². The number of hydrogen-bond donors (Lipinski definition) is 3. The number of Topliss-reactive ketones (excluding diaryl/α,β-unsaturated/α-hetero) is 1. The normalized spacial score (nSPS) is 16.4. The Morgan fingerprint density at radius 3 is 1.88 bits per heavy atom. The zero-order valence-corrected chi connectivity index (χ0v) is 25.5. The number of alkyl halides is 3. The van der Waals surface area contributed by atoms with Crippen LogP contribution in [0.3, 0.4) is 0 Å². The fraction of sp³-hybridized carbons (Fsp3) is 0.538. The molecule has 220 valence electrons. The largest absolute Gasteiger partial charge is 1.00 e. The van der Waals surface area contributed by atoms with E-state index >= 15 is 0 Å². The number of amides is 4. The van der Waals surface area contributed by atoms with Crippen molar-refractivity contribution in [2.75, 3.05) is 13.1 Å². The first kappa shape index (κ1) is 36.1. The van der Waals surface area contributed by atoms with Gasteiger partial charge in [-0.2, -0.15) is 13.2 Å². The fourth-order valence-electron chi connectivity index (χ4n) is 4.21. The summed E-state index contributed by atoms with van der Waals surface area (Å²) in [5.41, 5.74) is 0.181. The zero-order valence-electron chi connectivity index (χ0n) is 23.5. The van der Waals surface area contributed by atoms with Gasteiger partial charge in [-0.25, -0.2) is 0 Å². The molecule has 1 heterocycles. The Labute approximate surface area is 257 Å². The molecule has 11 nitrogen and oxygen atoms in total. The molecule has 1 saturated heterocycles. The molecule has 0 aliphatic carbocycles. The first-order valence-corrected chi connectivity index (χ1v) is 12.7. The van der Waals surface area contributed by atoms with E-state index in [-0.39, 0.29) is 53.6 Å². The molecular formula is C26H32F3N4NaO7. The first-order chi connectivity index (χ1) is 18.5. The van der Waals surface area contributed by atoms with E-state index in [9.17, 15) is 47.0 Å². The molecule has 1 aromatic rings. The van der Waals surface area contributed by atoms with Gasteiger partial charge in [-0.15, -0.1) is 0 Å². The fourth-order valence-corrected chi connectivity index (χ4v) is 4.21. The molecule has 0 bridgehead atoms. The van der Waals surface area contributed by atoms with Crippen molar-refractivity contribution in [1.82, 2.24) is 20.9 Å². The Kier molecular flexibility index (Phi) is 13.5. The number of carbonyl (C=O) groups is 6. The van der Waals surface area contributed by atoms with Crippen LogP contribution in [0.25, 0.3) is 0 Å². The molecule has 0 aromatic heterocycles. The molecule has 0 radical (unpaired) electrons. The third-order valence-corrected chi connectivity index (χ3v) is 6.39. The second-order valence-corrected chi connectivity index (χ2v) is 10.1. The van der Waals surface area contributed by atoms with E-state index in [0.717, 1.165) is 0 Å². The maximum absolute atomic E-state index is 13.4. The third-order valence-electron chi connectivity index (χ3n) is 6.39. The third kappa shape index (κ3) is 9.82. The molecule has 41 heavy (non-hydrogen) atoms. The topological polar surface area (TPSA) is 165 Å². The number of carbonyl (C=O) groups excluding carboxylic acids is 6. The Morgan fingerprint density at radius 1 is 0.902 bits per heavy atom. The number of rotatable bonds is 11. The molecule has 1 aromatic carbocycles. The van der Waals surface area contributed by atoms with Crippen LogP contribution < -0.4 is 50.6 Å². The van der Waals surface area contributed by atoms with Crippen molar-refractivity contribution in [3.05, 3.63) is 35.4 Å². The van der Waals surface area contributed by atoms with Crippen LogP contribution in [-0.2, 0) is 19.2 Å². The van der Waals surface area contributed by atoms with Gasteiger partial charge < -0.3 is 30.8 Å². The molecule has 1 aliphatic rings. The number of nitrogens with zero attached hydrogens (tertiary/aromatic N) is 1. The van der Waals surface area contributed by atoms with Gasteiger partial charge in [0.15, 0.2) is 0 Å². The average molecular weight is 593 g/mol. The zero-order chi connectivity index (χ0) is 30.4. The van der Waals surface area contributed by atoms with Crippen LogP contribution in [0, 0.1) is 11.8 Å². The van der Waals surface area contributed by atoms with Gasteiger partial charge in [-0.05, 0) is 48.9 Å². The van der Waals surface area contributed by atoms with Crippen LogP contribution in [0.1, 0.15) is 61.3 Å². The summed E-state index contributed by atoms with van der Waals surface area (Å²) >= 11 is 0. The van der Waals surface area contributed by atoms with Gasteiger partial charge in [-0.3, -0.25) is 24.0 Å². The predicted molar refractivity (Wildman–Crippen MR) is 132 cm³/mol. The van der Waals surface area contributed by atoms with E-state index in [0.29, 0.717) is 6.42 Å². The van der Waals surface area contributed by atoms with Crippen molar-refractivity contribution >= 4 is 35.4 Å². The van der Waals surface area contributed by atoms with Crippen LogP contribution in [0.5, 0.6) is 0 Å². The second kappa shape index (κ2) is 15.3. The summed E-state index contributed by atoms with van der Waals surface area (Å²) in [6.07, 6.45) is -4.58. The van der Waals surface area contributed by atoms with Crippen molar-refractivity contribution in [1.29, 1.82) is 0 Å². The van der Waals surface area contributed by atoms with Crippen molar-refractivity contribution in [2.24, 2.45) is 11.8 Å². The number of carboxylic acid groups (broad SMARTS) is 1. The molecule has 1 fully saturated rings. The molecular weight excluding hydrogens is 560 g/mol. The molecule has 15 heteroatoms. The summed E-state index contributed by atoms with van der Waals surface area (Å²) in [6.45, 7) is 5.49. The van der Waals surface area contributed by atoms with Crippen molar-refractivity contribution < 1.29 is 76.6 Å². The van der Waals surface area contributed by atoms with E-state index < -0.39 is 78.1 Å². The minimum atomic E-state index is -5.14. The number of aliphatic carboxylic acids is 1. The van der Waals surface area contributed by atoms with Crippen LogP contribution in [0.15, 0.2) is 24.3 Å². The number of hydrogen-bond acceptors (Lipinski definition) is 7. The summed E-state index contributed by atoms with van der Waals surface area (Å²) < 4.78 is 39.1. The van der Waals surface area contributed by atoms with Crippen LogP contribution in [0.4, 0.5) is 13.2 Å². The van der Waals surface area contributed by atoms with Crippen LogP contribution >= 0.6 is 0 Å². The van der Waals surface area contributed by atoms with Crippen molar-refractivity contribution in [2.45, 2.75) is 64.8 Å². The Morgan fingerprint density at radius 2 is 1.41 bits per heavy atom. The summed E-state index contributed by atoms with van der Waals surface area (Å²) in [4.78, 5) is 74.7. The van der Waals surface area contributed by atoms with Gasteiger partial charge >= 0.3 is 35.7 Å². The Bertz CT molecular complexity index is 1140. The van der Waals surface area contributed by atoms with Crippen molar-refractivity contribution in [3.63, 3.8) is 0 Å². The molecule has 0 saturated carbocycles. The van der Waals surface area contributed by atoms with Gasteiger partial charge in [0, 0.05) is 17.7 Å². The van der Waals surface area contributed by atoms with Gasteiger partial charge in [0.05, 0.1) is 18.6 Å². The number of ketones is 1. The molecule has 3 N–H and O–H groups in total. The smallest absolute Gasteiger partial charge is 0.548 e. The molecule has 3 unspecified atom stereocenters. The first-order valence-electron chi connectivity index (χ1n) is 12.7. The SMILES string of the molecule is CC(C)C(NC(=O)c1ccc(C(=O)NCC(=O)[O-])cc1)C(=O)N1CCCC1C(=O)NC(C(=O)C(F)(F)F)C(C)C.[Na+]. The second-order valence-electron chi connectivity index (χ2n) is 10.1. The standard InChI is InChI=1S/C26H33F3N4O7.Na/c1-13(2)19(21(36)26(27,28)29)31-24(39)17-6-5-11-33(17)25(40)20(14(3)4)32-23(38)16-9-7-15(8-10-16)22(37)30-12-18(34)35;/h7-10,13-14,17,19-20H,5-6,11-12H2,1-4H3,(H,30,37)(H,31,39)(H,32,38)(H,34,35);/q;+1/p-1. The molecule has 3 atom stereocenters.